The molecule has 1 aromatic heterocycles. The summed E-state index contributed by atoms with van der Waals surface area (Å²) < 4.78 is 5.30. The zero-order valence-corrected chi connectivity index (χ0v) is 17.0. The maximum absolute atomic E-state index is 13.2. The van der Waals surface area contributed by atoms with Gasteiger partial charge in [-0.3, -0.25) is 9.69 Å². The number of carbonyl (C=O) groups excluding carboxylic acids is 1. The SMILES string of the molecule is Cc1ccccc1N=C1S/C(=C\C=C\c2ccco2)C(=O)N1c1ccccc1C. The third-order valence-corrected chi connectivity index (χ3v) is 5.53. The highest BCUT2D eigenvalue weighted by molar-refractivity contribution is 8.19. The second-order valence-electron chi connectivity index (χ2n) is 6.62. The minimum absolute atomic E-state index is 0.0827. The molecule has 1 saturated heterocycles. The number of allylic oxidation sites excluding steroid dienone is 2. The fourth-order valence-corrected chi connectivity index (χ4v) is 3.94. The number of anilines is 1. The van der Waals surface area contributed by atoms with Crippen LogP contribution < -0.4 is 4.90 Å². The molecule has 0 saturated carbocycles. The number of furan rings is 1. The Labute approximate surface area is 174 Å². The molecule has 4 nitrogen and oxygen atoms in total. The van der Waals surface area contributed by atoms with Crippen LogP contribution >= 0.6 is 11.8 Å². The number of rotatable bonds is 4. The highest BCUT2D eigenvalue weighted by atomic mass is 32.2. The summed E-state index contributed by atoms with van der Waals surface area (Å²) in [5.74, 6) is 0.655. The molecule has 0 aliphatic carbocycles. The summed E-state index contributed by atoms with van der Waals surface area (Å²) in [5, 5.41) is 0.649. The number of aliphatic imine (C=N–C) groups is 1. The zero-order chi connectivity index (χ0) is 20.2. The van der Waals surface area contributed by atoms with Crippen molar-refractivity contribution in [3.63, 3.8) is 0 Å². The Morgan fingerprint density at radius 3 is 2.45 bits per heavy atom. The summed E-state index contributed by atoms with van der Waals surface area (Å²) in [6.45, 7) is 4.01. The molecular weight excluding hydrogens is 380 g/mol. The molecule has 1 fully saturated rings. The molecule has 1 aliphatic heterocycles. The molecule has 2 heterocycles. The predicted molar refractivity (Wildman–Crippen MR) is 120 cm³/mol. The first-order chi connectivity index (χ1) is 14.1. The molecule has 0 spiro atoms. The van der Waals surface area contributed by atoms with Crippen molar-refractivity contribution >= 4 is 40.3 Å². The van der Waals surface area contributed by atoms with Gasteiger partial charge in [0.2, 0.25) is 0 Å². The van der Waals surface area contributed by atoms with Gasteiger partial charge in [0, 0.05) is 0 Å². The summed E-state index contributed by atoms with van der Waals surface area (Å²) in [7, 11) is 0. The second kappa shape index (κ2) is 8.37. The largest absolute Gasteiger partial charge is 0.465 e. The third-order valence-electron chi connectivity index (χ3n) is 4.55. The molecule has 1 amide bonds. The number of aryl methyl sites for hydroxylation is 2. The molecule has 0 unspecified atom stereocenters. The van der Waals surface area contributed by atoms with Crippen LogP contribution in [0.15, 0.2) is 93.4 Å². The van der Waals surface area contributed by atoms with Crippen LogP contribution in [0.25, 0.3) is 6.08 Å². The first-order valence-corrected chi connectivity index (χ1v) is 10.1. The molecule has 3 aromatic rings. The summed E-state index contributed by atoms with van der Waals surface area (Å²) in [6.07, 6.45) is 7.08. The molecule has 0 N–H and O–H groups in total. The molecule has 29 heavy (non-hydrogen) atoms. The van der Waals surface area contributed by atoms with Crippen LogP contribution in [0.5, 0.6) is 0 Å². The van der Waals surface area contributed by atoms with Gasteiger partial charge in [0.25, 0.3) is 5.91 Å². The van der Waals surface area contributed by atoms with E-state index in [-0.39, 0.29) is 5.91 Å². The van der Waals surface area contributed by atoms with Crippen molar-refractivity contribution in [1.82, 2.24) is 0 Å². The highest BCUT2D eigenvalue weighted by Gasteiger charge is 2.35. The van der Waals surface area contributed by atoms with E-state index in [2.05, 4.69) is 0 Å². The van der Waals surface area contributed by atoms with Gasteiger partial charge < -0.3 is 4.42 Å². The molecule has 2 aromatic carbocycles. The van der Waals surface area contributed by atoms with Crippen LogP contribution in [-0.2, 0) is 4.79 Å². The van der Waals surface area contributed by atoms with Crippen molar-refractivity contribution in [3.05, 3.63) is 101 Å². The number of amidine groups is 1. The van der Waals surface area contributed by atoms with Crippen LogP contribution in [0, 0.1) is 13.8 Å². The van der Waals surface area contributed by atoms with Gasteiger partial charge in [0.1, 0.15) is 5.76 Å². The predicted octanol–water partition coefficient (Wildman–Crippen LogP) is 6.26. The van der Waals surface area contributed by atoms with Gasteiger partial charge in [-0.1, -0.05) is 42.5 Å². The Hall–Kier alpha value is -3.31. The quantitative estimate of drug-likeness (QED) is 0.486. The van der Waals surface area contributed by atoms with Gasteiger partial charge in [-0.2, -0.15) is 0 Å². The Morgan fingerprint density at radius 2 is 1.72 bits per heavy atom. The minimum atomic E-state index is -0.0827. The number of nitrogens with zero attached hydrogens (tertiary/aromatic N) is 2. The standard InChI is InChI=1S/C24H20N2O2S/c1-17-9-3-5-13-20(17)25-24-26(21-14-6-4-10-18(21)2)23(27)22(29-24)15-7-11-19-12-8-16-28-19/h3-16H,1-2H3/b11-7+,22-15-,25-24?. The monoisotopic (exact) mass is 400 g/mol. The summed E-state index contributed by atoms with van der Waals surface area (Å²) >= 11 is 1.38. The van der Waals surface area contributed by atoms with Gasteiger partial charge >= 0.3 is 0 Å². The van der Waals surface area contributed by atoms with Gasteiger partial charge in [0.15, 0.2) is 5.17 Å². The molecule has 0 radical (unpaired) electrons. The van der Waals surface area contributed by atoms with Gasteiger partial charge in [-0.25, -0.2) is 4.99 Å². The van der Waals surface area contributed by atoms with Crippen LogP contribution in [0.4, 0.5) is 11.4 Å². The average Bonchev–Trinajstić information content (AvgIpc) is 3.33. The molecule has 0 atom stereocenters. The molecule has 1 aliphatic rings. The van der Waals surface area contributed by atoms with E-state index in [9.17, 15) is 4.79 Å². The maximum Gasteiger partial charge on any atom is 0.271 e. The van der Waals surface area contributed by atoms with E-state index in [0.29, 0.717) is 10.1 Å². The number of carbonyl (C=O) groups is 1. The number of thioether (sulfide) groups is 1. The van der Waals surface area contributed by atoms with E-state index in [0.717, 1.165) is 28.3 Å². The molecular formula is C24H20N2O2S. The highest BCUT2D eigenvalue weighted by Crippen LogP contribution is 2.37. The van der Waals surface area contributed by atoms with Crippen LogP contribution in [-0.4, -0.2) is 11.1 Å². The minimum Gasteiger partial charge on any atom is -0.465 e. The van der Waals surface area contributed by atoms with E-state index in [1.807, 2.05) is 86.7 Å². The van der Waals surface area contributed by atoms with E-state index in [1.54, 1.807) is 17.2 Å². The lowest BCUT2D eigenvalue weighted by Crippen LogP contribution is -2.29. The zero-order valence-electron chi connectivity index (χ0n) is 16.2. The fourth-order valence-electron chi connectivity index (χ4n) is 3.00. The smallest absolute Gasteiger partial charge is 0.271 e. The van der Waals surface area contributed by atoms with Crippen molar-refractivity contribution in [3.8, 4) is 0 Å². The van der Waals surface area contributed by atoms with Gasteiger partial charge in [-0.15, -0.1) is 0 Å². The first kappa shape index (κ1) is 19.0. The number of benzene rings is 2. The van der Waals surface area contributed by atoms with E-state index in [4.69, 9.17) is 9.41 Å². The lowest BCUT2D eigenvalue weighted by molar-refractivity contribution is -0.113. The van der Waals surface area contributed by atoms with Crippen molar-refractivity contribution in [2.24, 2.45) is 4.99 Å². The molecule has 5 heteroatoms. The number of hydrogen-bond acceptors (Lipinski definition) is 4. The van der Waals surface area contributed by atoms with Crippen molar-refractivity contribution < 1.29 is 9.21 Å². The topological polar surface area (TPSA) is 45.8 Å². The molecule has 4 rings (SSSR count). The van der Waals surface area contributed by atoms with Crippen molar-refractivity contribution in [1.29, 1.82) is 0 Å². The van der Waals surface area contributed by atoms with E-state index >= 15 is 0 Å². The van der Waals surface area contributed by atoms with Crippen LogP contribution in [0.3, 0.4) is 0 Å². The number of para-hydroxylation sites is 2. The number of hydrogen-bond donors (Lipinski definition) is 0. The first-order valence-electron chi connectivity index (χ1n) is 9.27. The fraction of sp³-hybridized carbons (Fsp3) is 0.0833. The Morgan fingerprint density at radius 1 is 0.966 bits per heavy atom. The van der Waals surface area contributed by atoms with Crippen molar-refractivity contribution in [2.75, 3.05) is 4.90 Å². The second-order valence-corrected chi connectivity index (χ2v) is 7.62. The maximum atomic E-state index is 13.2. The Kier molecular flexibility index (Phi) is 5.49. The summed E-state index contributed by atoms with van der Waals surface area (Å²) in [6, 6.07) is 19.4. The number of amides is 1. The Balaban J connectivity index is 1.74. The van der Waals surface area contributed by atoms with Crippen LogP contribution in [0.2, 0.25) is 0 Å². The average molecular weight is 401 g/mol. The lowest BCUT2D eigenvalue weighted by atomic mass is 10.2. The summed E-state index contributed by atoms with van der Waals surface area (Å²) in [4.78, 5) is 20.4. The van der Waals surface area contributed by atoms with Crippen LogP contribution in [0.1, 0.15) is 16.9 Å². The third kappa shape index (κ3) is 4.10. The van der Waals surface area contributed by atoms with Gasteiger partial charge in [0.05, 0.1) is 22.5 Å². The normalized spacial score (nSPS) is 17.2. The van der Waals surface area contributed by atoms with Crippen molar-refractivity contribution in [2.45, 2.75) is 13.8 Å². The Bertz CT molecular complexity index is 1130. The molecule has 0 bridgehead atoms. The molecule has 144 valence electrons. The summed E-state index contributed by atoms with van der Waals surface area (Å²) in [5.41, 5.74) is 3.78. The van der Waals surface area contributed by atoms with E-state index < -0.39 is 0 Å². The lowest BCUT2D eigenvalue weighted by Gasteiger charge is -2.18. The van der Waals surface area contributed by atoms with Gasteiger partial charge in [-0.05, 0) is 73.2 Å². The van der Waals surface area contributed by atoms with E-state index in [1.165, 1.54) is 11.8 Å².